The normalized spacial score (nSPS) is 22.4. The number of nitrogens with zero attached hydrogens (tertiary/aromatic N) is 1. The minimum absolute atomic E-state index is 0.316. The maximum Gasteiger partial charge on any atom is 0.332 e. The number of hydrogen-bond acceptors (Lipinski definition) is 2. The van der Waals surface area contributed by atoms with Crippen molar-refractivity contribution in [1.29, 1.82) is 0 Å². The molecule has 2 amide bonds. The Labute approximate surface area is 101 Å². The van der Waals surface area contributed by atoms with Crippen molar-refractivity contribution in [3.05, 3.63) is 35.9 Å². The number of amides is 2. The van der Waals surface area contributed by atoms with Crippen LogP contribution in [-0.4, -0.2) is 11.7 Å². The van der Waals surface area contributed by atoms with Crippen molar-refractivity contribution in [3.63, 3.8) is 0 Å². The molecule has 17 heavy (non-hydrogen) atoms. The van der Waals surface area contributed by atoms with E-state index in [9.17, 15) is 4.79 Å². The van der Waals surface area contributed by atoms with E-state index in [-0.39, 0.29) is 0 Å². The van der Waals surface area contributed by atoms with Crippen molar-refractivity contribution in [2.75, 3.05) is 0 Å². The van der Waals surface area contributed by atoms with Crippen molar-refractivity contribution < 1.29 is 4.79 Å². The summed E-state index contributed by atoms with van der Waals surface area (Å²) in [4.78, 5) is 10.7. The predicted octanol–water partition coefficient (Wildman–Crippen LogP) is 2.37. The van der Waals surface area contributed by atoms with Gasteiger partial charge in [0.1, 0.15) is 0 Å². The zero-order valence-corrected chi connectivity index (χ0v) is 9.73. The van der Waals surface area contributed by atoms with Crippen LogP contribution in [0.2, 0.25) is 0 Å². The first-order valence-corrected chi connectivity index (χ1v) is 5.94. The highest BCUT2D eigenvalue weighted by atomic mass is 16.2. The number of hydrazone groups is 1. The van der Waals surface area contributed by atoms with Crippen molar-refractivity contribution in [2.24, 2.45) is 10.8 Å². The SMILES string of the molecule is NC(=O)NN=C1CCCCC1c1ccccc1. The van der Waals surface area contributed by atoms with Gasteiger partial charge in [-0.2, -0.15) is 5.10 Å². The van der Waals surface area contributed by atoms with Gasteiger partial charge in [-0.1, -0.05) is 36.8 Å². The Morgan fingerprint density at radius 3 is 2.76 bits per heavy atom. The van der Waals surface area contributed by atoms with Crippen LogP contribution in [0.4, 0.5) is 4.79 Å². The molecule has 90 valence electrons. The molecule has 4 nitrogen and oxygen atoms in total. The summed E-state index contributed by atoms with van der Waals surface area (Å²) in [6.07, 6.45) is 4.35. The second-order valence-corrected chi connectivity index (χ2v) is 4.29. The lowest BCUT2D eigenvalue weighted by Crippen LogP contribution is -2.28. The number of urea groups is 1. The zero-order valence-electron chi connectivity index (χ0n) is 9.73. The van der Waals surface area contributed by atoms with Crippen LogP contribution in [0.1, 0.15) is 37.2 Å². The van der Waals surface area contributed by atoms with E-state index in [0.717, 1.165) is 25.0 Å². The van der Waals surface area contributed by atoms with Gasteiger partial charge in [0.25, 0.3) is 0 Å². The molecule has 0 heterocycles. The Bertz CT molecular complexity index is 414. The van der Waals surface area contributed by atoms with Crippen molar-refractivity contribution >= 4 is 11.7 Å². The molecule has 1 aromatic carbocycles. The quantitative estimate of drug-likeness (QED) is 0.754. The number of rotatable bonds is 2. The van der Waals surface area contributed by atoms with Gasteiger partial charge >= 0.3 is 6.03 Å². The van der Waals surface area contributed by atoms with Crippen LogP contribution in [0.25, 0.3) is 0 Å². The molecule has 1 aromatic rings. The van der Waals surface area contributed by atoms with Crippen molar-refractivity contribution in [3.8, 4) is 0 Å². The second-order valence-electron chi connectivity index (χ2n) is 4.29. The highest BCUT2D eigenvalue weighted by Crippen LogP contribution is 2.30. The van der Waals surface area contributed by atoms with Gasteiger partial charge in [-0.25, -0.2) is 10.2 Å². The van der Waals surface area contributed by atoms with Gasteiger partial charge in [0, 0.05) is 11.6 Å². The monoisotopic (exact) mass is 231 g/mol. The minimum Gasteiger partial charge on any atom is -0.350 e. The van der Waals surface area contributed by atoms with Crippen molar-refractivity contribution in [2.45, 2.75) is 31.6 Å². The summed E-state index contributed by atoms with van der Waals surface area (Å²) in [5.74, 6) is 0.316. The average molecular weight is 231 g/mol. The molecule has 2 rings (SSSR count). The van der Waals surface area contributed by atoms with Crippen LogP contribution >= 0.6 is 0 Å². The van der Waals surface area contributed by atoms with E-state index < -0.39 is 6.03 Å². The summed E-state index contributed by atoms with van der Waals surface area (Å²) >= 11 is 0. The number of nitrogens with one attached hydrogen (secondary N) is 1. The number of primary amides is 1. The van der Waals surface area contributed by atoms with Gasteiger partial charge in [0.05, 0.1) is 0 Å². The number of hydrogen-bond donors (Lipinski definition) is 2. The Kier molecular flexibility index (Phi) is 3.75. The summed E-state index contributed by atoms with van der Waals surface area (Å²) < 4.78 is 0. The molecule has 1 saturated carbocycles. The van der Waals surface area contributed by atoms with Gasteiger partial charge in [-0.3, -0.25) is 0 Å². The molecule has 1 unspecified atom stereocenters. The Morgan fingerprint density at radius 1 is 1.29 bits per heavy atom. The maximum atomic E-state index is 10.7. The fraction of sp³-hybridized carbons (Fsp3) is 0.385. The zero-order chi connectivity index (χ0) is 12.1. The molecule has 1 aliphatic rings. The molecule has 4 heteroatoms. The molecule has 1 aliphatic carbocycles. The van der Waals surface area contributed by atoms with E-state index >= 15 is 0 Å². The molecule has 0 aromatic heterocycles. The number of nitrogens with two attached hydrogens (primary N) is 1. The second kappa shape index (κ2) is 5.48. The lowest BCUT2D eigenvalue weighted by molar-refractivity contribution is 0.249. The Morgan fingerprint density at radius 2 is 2.06 bits per heavy atom. The largest absolute Gasteiger partial charge is 0.350 e. The van der Waals surface area contributed by atoms with Gasteiger partial charge < -0.3 is 5.73 Å². The third-order valence-electron chi connectivity index (χ3n) is 3.09. The third kappa shape index (κ3) is 3.06. The fourth-order valence-electron chi connectivity index (χ4n) is 2.30. The first-order chi connectivity index (χ1) is 8.27. The van der Waals surface area contributed by atoms with Gasteiger partial charge in [-0.15, -0.1) is 0 Å². The molecule has 3 N–H and O–H groups in total. The standard InChI is InChI=1S/C13H17N3O/c14-13(17)16-15-12-9-5-4-8-11(12)10-6-2-1-3-7-10/h1-3,6-7,11H,4-5,8-9H2,(H3,14,16,17). The van der Waals surface area contributed by atoms with Crippen LogP contribution in [0, 0.1) is 0 Å². The van der Waals surface area contributed by atoms with Crippen LogP contribution in [0.15, 0.2) is 35.4 Å². The predicted molar refractivity (Wildman–Crippen MR) is 67.8 cm³/mol. The fourth-order valence-corrected chi connectivity index (χ4v) is 2.30. The summed E-state index contributed by atoms with van der Waals surface area (Å²) in [6.45, 7) is 0. The van der Waals surface area contributed by atoms with Crippen molar-refractivity contribution in [1.82, 2.24) is 5.43 Å². The van der Waals surface area contributed by atoms with E-state index in [1.165, 1.54) is 12.0 Å². The third-order valence-corrected chi connectivity index (χ3v) is 3.09. The lowest BCUT2D eigenvalue weighted by Gasteiger charge is -2.24. The Hall–Kier alpha value is -1.84. The van der Waals surface area contributed by atoms with E-state index in [0.29, 0.717) is 5.92 Å². The van der Waals surface area contributed by atoms with Gasteiger partial charge in [0.2, 0.25) is 0 Å². The molecule has 1 fully saturated rings. The highest BCUT2D eigenvalue weighted by Gasteiger charge is 2.22. The molecule has 0 bridgehead atoms. The van der Waals surface area contributed by atoms with E-state index in [4.69, 9.17) is 5.73 Å². The average Bonchev–Trinajstić information content (AvgIpc) is 2.38. The highest BCUT2D eigenvalue weighted by molar-refractivity contribution is 5.92. The summed E-state index contributed by atoms with van der Waals surface area (Å²) in [5, 5.41) is 4.13. The van der Waals surface area contributed by atoms with E-state index in [1.54, 1.807) is 0 Å². The lowest BCUT2D eigenvalue weighted by atomic mass is 9.82. The Balaban J connectivity index is 2.18. The minimum atomic E-state index is -0.602. The van der Waals surface area contributed by atoms with E-state index in [1.807, 2.05) is 18.2 Å². The first-order valence-electron chi connectivity index (χ1n) is 5.94. The van der Waals surface area contributed by atoms with Gasteiger partial charge in [0.15, 0.2) is 0 Å². The number of carbonyl (C=O) groups excluding carboxylic acids is 1. The summed E-state index contributed by atoms with van der Waals surface area (Å²) in [7, 11) is 0. The molecule has 0 aliphatic heterocycles. The topological polar surface area (TPSA) is 67.5 Å². The first kappa shape index (κ1) is 11.6. The molecule has 0 radical (unpaired) electrons. The molecular weight excluding hydrogens is 214 g/mol. The van der Waals surface area contributed by atoms with Crippen LogP contribution in [0.3, 0.4) is 0 Å². The van der Waals surface area contributed by atoms with Gasteiger partial charge in [-0.05, 0) is 24.8 Å². The van der Waals surface area contributed by atoms with E-state index in [2.05, 4.69) is 22.7 Å². The molecule has 0 spiro atoms. The molecule has 0 saturated heterocycles. The number of carbonyl (C=O) groups is 1. The summed E-state index contributed by atoms with van der Waals surface area (Å²) in [5.41, 5.74) is 9.67. The number of benzene rings is 1. The van der Waals surface area contributed by atoms with Crippen LogP contribution in [0.5, 0.6) is 0 Å². The summed E-state index contributed by atoms with van der Waals surface area (Å²) in [6, 6.07) is 9.68. The molecule has 1 atom stereocenters. The molecular formula is C13H17N3O. The smallest absolute Gasteiger partial charge is 0.332 e. The maximum absolute atomic E-state index is 10.7. The van der Waals surface area contributed by atoms with Crippen LogP contribution < -0.4 is 11.2 Å². The van der Waals surface area contributed by atoms with Crippen LogP contribution in [-0.2, 0) is 0 Å².